The molecule has 2 aromatic rings. The quantitative estimate of drug-likeness (QED) is 0.924. The number of nitrogens with one attached hydrogen (secondary N) is 1. The Labute approximate surface area is 148 Å². The molecule has 6 heteroatoms. The number of nitrogens with zero attached hydrogens (tertiary/aromatic N) is 3. The molecule has 1 aromatic carbocycles. The van der Waals surface area contributed by atoms with Crippen LogP contribution in [-0.4, -0.2) is 35.1 Å². The molecule has 0 spiro atoms. The van der Waals surface area contributed by atoms with Crippen molar-refractivity contribution in [1.82, 2.24) is 15.1 Å². The van der Waals surface area contributed by atoms with Crippen LogP contribution in [0.2, 0.25) is 5.02 Å². The minimum absolute atomic E-state index is 0.0768. The van der Waals surface area contributed by atoms with Crippen molar-refractivity contribution < 1.29 is 4.74 Å². The van der Waals surface area contributed by atoms with E-state index in [2.05, 4.69) is 16.5 Å². The number of nitriles is 1. The van der Waals surface area contributed by atoms with E-state index in [1.807, 2.05) is 38.1 Å². The Morgan fingerprint density at radius 3 is 2.71 bits per heavy atom. The van der Waals surface area contributed by atoms with Gasteiger partial charge in [0.25, 0.3) is 0 Å². The lowest BCUT2D eigenvalue weighted by molar-refractivity contribution is -0.00646. The van der Waals surface area contributed by atoms with E-state index in [0.29, 0.717) is 24.8 Å². The molecule has 2 heterocycles. The molecule has 1 aliphatic heterocycles. The predicted octanol–water partition coefficient (Wildman–Crippen LogP) is 3.03. The smallest absolute Gasteiger partial charge is 0.102 e. The van der Waals surface area contributed by atoms with E-state index < -0.39 is 0 Å². The van der Waals surface area contributed by atoms with Crippen molar-refractivity contribution in [3.63, 3.8) is 0 Å². The van der Waals surface area contributed by atoms with Crippen molar-refractivity contribution in [2.75, 3.05) is 13.2 Å². The van der Waals surface area contributed by atoms with Gasteiger partial charge < -0.3 is 10.1 Å². The Hall–Kier alpha value is -1.87. The number of halogens is 1. The Balaban J connectivity index is 0.00000100. The van der Waals surface area contributed by atoms with Crippen LogP contribution in [0.15, 0.2) is 36.7 Å². The largest absolute Gasteiger partial charge is 0.373 e. The lowest BCUT2D eigenvalue weighted by atomic mass is 10.1. The summed E-state index contributed by atoms with van der Waals surface area (Å²) >= 11 is 5.89. The average molecular weight is 347 g/mol. The zero-order valence-electron chi connectivity index (χ0n) is 14.1. The van der Waals surface area contributed by atoms with Gasteiger partial charge in [-0.1, -0.05) is 37.6 Å². The third kappa shape index (κ3) is 5.34. The van der Waals surface area contributed by atoms with Gasteiger partial charge in [0.05, 0.1) is 31.0 Å². The zero-order valence-corrected chi connectivity index (χ0v) is 14.8. The van der Waals surface area contributed by atoms with Gasteiger partial charge in [-0.3, -0.25) is 4.68 Å². The summed E-state index contributed by atoms with van der Waals surface area (Å²) in [6.45, 7) is 6.10. The first-order chi connectivity index (χ1) is 11.7. The van der Waals surface area contributed by atoms with E-state index in [1.165, 1.54) is 5.56 Å². The number of morpholine rings is 1. The van der Waals surface area contributed by atoms with Crippen LogP contribution in [0.5, 0.6) is 0 Å². The fourth-order valence-corrected chi connectivity index (χ4v) is 2.68. The predicted molar refractivity (Wildman–Crippen MR) is 95.0 cm³/mol. The molecule has 1 fully saturated rings. The molecule has 3 rings (SSSR count). The first-order valence-electron chi connectivity index (χ1n) is 8.25. The molecule has 1 aliphatic rings. The fourth-order valence-electron chi connectivity index (χ4n) is 2.55. The molecule has 1 saturated heterocycles. The number of aromatic nitrogens is 2. The van der Waals surface area contributed by atoms with Gasteiger partial charge in [-0.05, 0) is 24.1 Å². The Bertz CT molecular complexity index is 654. The Kier molecular flexibility index (Phi) is 7.26. The number of hydrogen-bond acceptors (Lipinski definition) is 4. The van der Waals surface area contributed by atoms with E-state index in [1.54, 1.807) is 17.1 Å². The van der Waals surface area contributed by atoms with Crippen molar-refractivity contribution in [1.29, 1.82) is 5.26 Å². The molecule has 0 radical (unpaired) electrons. The molecule has 2 atom stereocenters. The Morgan fingerprint density at radius 2 is 2.12 bits per heavy atom. The summed E-state index contributed by atoms with van der Waals surface area (Å²) < 4.78 is 7.66. The second-order valence-electron chi connectivity index (χ2n) is 5.45. The molecule has 0 saturated carbocycles. The lowest BCUT2D eigenvalue weighted by Crippen LogP contribution is -2.48. The van der Waals surface area contributed by atoms with Gasteiger partial charge in [0.2, 0.25) is 0 Å². The monoisotopic (exact) mass is 346 g/mol. The minimum atomic E-state index is 0.0768. The van der Waals surface area contributed by atoms with Crippen LogP contribution < -0.4 is 5.32 Å². The number of benzene rings is 1. The highest BCUT2D eigenvalue weighted by Gasteiger charge is 2.21. The van der Waals surface area contributed by atoms with Gasteiger partial charge in [-0.25, -0.2) is 0 Å². The number of rotatable bonds is 4. The van der Waals surface area contributed by atoms with Crippen LogP contribution in [0.3, 0.4) is 0 Å². The summed E-state index contributed by atoms with van der Waals surface area (Å²) in [5.41, 5.74) is 1.82. The Morgan fingerprint density at radius 1 is 1.38 bits per heavy atom. The molecular weight excluding hydrogens is 324 g/mol. The lowest BCUT2D eigenvalue weighted by Gasteiger charge is -2.30. The van der Waals surface area contributed by atoms with Crippen LogP contribution in [0, 0.1) is 11.3 Å². The van der Waals surface area contributed by atoms with Crippen molar-refractivity contribution in [3.05, 3.63) is 52.8 Å². The van der Waals surface area contributed by atoms with Crippen LogP contribution in [0.1, 0.15) is 25.0 Å². The van der Waals surface area contributed by atoms with Crippen LogP contribution in [0.4, 0.5) is 0 Å². The van der Waals surface area contributed by atoms with E-state index >= 15 is 0 Å². The SMILES string of the molecule is CC.N#Cc1cnn(CC2CNC(Cc3ccc(Cl)cc3)CO2)c1. The first-order valence-corrected chi connectivity index (χ1v) is 8.63. The molecule has 24 heavy (non-hydrogen) atoms. The highest BCUT2D eigenvalue weighted by Crippen LogP contribution is 2.13. The van der Waals surface area contributed by atoms with Gasteiger partial charge in [-0.2, -0.15) is 10.4 Å². The summed E-state index contributed by atoms with van der Waals surface area (Å²) in [5, 5.41) is 17.2. The summed E-state index contributed by atoms with van der Waals surface area (Å²) in [7, 11) is 0. The summed E-state index contributed by atoms with van der Waals surface area (Å²) in [6.07, 6.45) is 4.31. The van der Waals surface area contributed by atoms with Crippen molar-refractivity contribution >= 4 is 11.6 Å². The first kappa shape index (κ1) is 18.5. The highest BCUT2D eigenvalue weighted by molar-refractivity contribution is 6.30. The van der Waals surface area contributed by atoms with Gasteiger partial charge in [0.1, 0.15) is 6.07 Å². The fraction of sp³-hybridized carbons (Fsp3) is 0.444. The molecule has 1 aromatic heterocycles. The molecule has 0 aliphatic carbocycles. The topological polar surface area (TPSA) is 62.9 Å². The van der Waals surface area contributed by atoms with E-state index in [4.69, 9.17) is 21.6 Å². The maximum absolute atomic E-state index is 8.79. The van der Waals surface area contributed by atoms with Crippen molar-refractivity contribution in [2.45, 2.75) is 39.0 Å². The second-order valence-corrected chi connectivity index (χ2v) is 5.89. The number of ether oxygens (including phenoxy) is 1. The van der Waals surface area contributed by atoms with Gasteiger partial charge in [0.15, 0.2) is 0 Å². The van der Waals surface area contributed by atoms with E-state index in [9.17, 15) is 0 Å². The summed E-state index contributed by atoms with van der Waals surface area (Å²) in [5.74, 6) is 0. The third-order valence-corrected chi connectivity index (χ3v) is 3.97. The molecular formula is C18H23ClN4O. The molecule has 0 bridgehead atoms. The summed E-state index contributed by atoms with van der Waals surface area (Å²) in [6, 6.07) is 10.3. The van der Waals surface area contributed by atoms with E-state index in [-0.39, 0.29) is 6.10 Å². The summed E-state index contributed by atoms with van der Waals surface area (Å²) in [4.78, 5) is 0. The molecule has 0 amide bonds. The average Bonchev–Trinajstić information content (AvgIpc) is 3.08. The van der Waals surface area contributed by atoms with Crippen LogP contribution in [-0.2, 0) is 17.7 Å². The number of hydrogen-bond donors (Lipinski definition) is 1. The molecule has 128 valence electrons. The standard InChI is InChI=1S/C16H17ClN4O.C2H6/c17-14-3-1-12(2-4-14)5-15-11-22-16(8-19-15)10-21-9-13(6-18)7-20-21;1-2/h1-4,7,9,15-16,19H,5,8,10-11H2;1-2H3. The highest BCUT2D eigenvalue weighted by atomic mass is 35.5. The van der Waals surface area contributed by atoms with Crippen LogP contribution >= 0.6 is 11.6 Å². The van der Waals surface area contributed by atoms with Gasteiger partial charge in [0, 0.05) is 23.8 Å². The van der Waals surface area contributed by atoms with Gasteiger partial charge >= 0.3 is 0 Å². The maximum atomic E-state index is 8.79. The minimum Gasteiger partial charge on any atom is -0.373 e. The van der Waals surface area contributed by atoms with E-state index in [0.717, 1.165) is 18.0 Å². The normalized spacial score (nSPS) is 19.9. The molecule has 1 N–H and O–H groups in total. The third-order valence-electron chi connectivity index (χ3n) is 3.72. The van der Waals surface area contributed by atoms with Crippen molar-refractivity contribution in [3.8, 4) is 6.07 Å². The van der Waals surface area contributed by atoms with Crippen molar-refractivity contribution in [2.24, 2.45) is 0 Å². The maximum Gasteiger partial charge on any atom is 0.102 e. The molecule has 5 nitrogen and oxygen atoms in total. The zero-order chi connectivity index (χ0) is 17.4. The molecule has 2 unspecified atom stereocenters. The van der Waals surface area contributed by atoms with Crippen LogP contribution in [0.25, 0.3) is 0 Å². The second kappa shape index (κ2) is 9.43. The van der Waals surface area contributed by atoms with Gasteiger partial charge in [-0.15, -0.1) is 0 Å².